The zero-order valence-electron chi connectivity index (χ0n) is 20.5. The van der Waals surface area contributed by atoms with Crippen molar-refractivity contribution < 1.29 is 18.7 Å². The number of nitrogens with one attached hydrogen (secondary N) is 1. The lowest BCUT2D eigenvalue weighted by Gasteiger charge is -2.10. The van der Waals surface area contributed by atoms with E-state index in [1.54, 1.807) is 12.1 Å². The maximum absolute atomic E-state index is 15.1. The van der Waals surface area contributed by atoms with Crippen LogP contribution in [0.5, 0.6) is 5.75 Å². The summed E-state index contributed by atoms with van der Waals surface area (Å²) >= 11 is 6.58. The molecule has 0 radical (unpaired) electrons. The summed E-state index contributed by atoms with van der Waals surface area (Å²) in [7, 11) is 1.38. The third-order valence-corrected chi connectivity index (χ3v) is 6.66. The highest BCUT2D eigenvalue weighted by molar-refractivity contribution is 6.34. The summed E-state index contributed by atoms with van der Waals surface area (Å²) in [6, 6.07) is 26.0. The first-order chi connectivity index (χ1) is 17.9. The highest BCUT2D eigenvalue weighted by atomic mass is 35.5. The van der Waals surface area contributed by atoms with E-state index in [1.807, 2.05) is 73.7 Å². The summed E-state index contributed by atoms with van der Waals surface area (Å²) in [4.78, 5) is 15.4. The Hall–Kier alpha value is -4.09. The van der Waals surface area contributed by atoms with Gasteiger partial charge >= 0.3 is 5.97 Å². The molecule has 1 heterocycles. The van der Waals surface area contributed by atoms with Crippen molar-refractivity contribution in [2.24, 2.45) is 0 Å². The maximum Gasteiger partial charge on any atom is 0.338 e. The molecule has 0 fully saturated rings. The number of aromatic amines is 1. The quantitative estimate of drug-likeness (QED) is 0.225. The van der Waals surface area contributed by atoms with Crippen molar-refractivity contribution in [3.8, 4) is 16.9 Å². The van der Waals surface area contributed by atoms with Crippen LogP contribution in [-0.4, -0.2) is 18.1 Å². The van der Waals surface area contributed by atoms with Gasteiger partial charge in [0.15, 0.2) is 0 Å². The number of hydrogen-bond donors (Lipinski definition) is 1. The molecule has 1 aromatic heterocycles. The molecular formula is C31H25ClFNO3. The fraction of sp³-hybridized carbons (Fsp3) is 0.129. The van der Waals surface area contributed by atoms with Gasteiger partial charge in [-0.15, -0.1) is 0 Å². The molecule has 186 valence electrons. The predicted octanol–water partition coefficient (Wildman–Crippen LogP) is 7.89. The van der Waals surface area contributed by atoms with Gasteiger partial charge in [0.2, 0.25) is 0 Å². The van der Waals surface area contributed by atoms with E-state index in [9.17, 15) is 4.79 Å². The first kappa shape index (κ1) is 24.6. The average molecular weight is 514 g/mol. The number of halogens is 2. The van der Waals surface area contributed by atoms with Gasteiger partial charge in [0.1, 0.15) is 18.2 Å². The van der Waals surface area contributed by atoms with E-state index >= 15 is 4.39 Å². The molecule has 0 spiro atoms. The molecule has 5 rings (SSSR count). The molecule has 0 saturated carbocycles. The highest BCUT2D eigenvalue weighted by Crippen LogP contribution is 2.35. The molecule has 0 aliphatic rings. The van der Waals surface area contributed by atoms with Gasteiger partial charge in [-0.1, -0.05) is 54.1 Å². The fourth-order valence-corrected chi connectivity index (χ4v) is 4.66. The number of esters is 1. The minimum atomic E-state index is -0.405. The standard InChI is InChI=1S/C31H25ClFNO3/c1-19-8-9-21(13-26(19)31(35)36-2)12-23-14-22-15-27(28(32)17-30(22)34-23)25-11-10-24(16-29(25)33)37-18-20-6-4-3-5-7-20/h3-11,13-17,34H,12,18H2,1-2H3. The minimum Gasteiger partial charge on any atom is -0.489 e. The Kier molecular flexibility index (Phi) is 6.97. The topological polar surface area (TPSA) is 51.3 Å². The second-order valence-electron chi connectivity index (χ2n) is 8.95. The summed E-state index contributed by atoms with van der Waals surface area (Å²) in [6.07, 6.45) is 0.591. The van der Waals surface area contributed by atoms with E-state index in [1.165, 1.54) is 13.2 Å². The molecule has 0 aliphatic heterocycles. The Morgan fingerprint density at radius 1 is 0.919 bits per heavy atom. The van der Waals surface area contributed by atoms with Crippen LogP contribution in [-0.2, 0) is 17.8 Å². The minimum absolute atomic E-state index is 0.356. The molecule has 0 bridgehead atoms. The van der Waals surface area contributed by atoms with Gasteiger partial charge in [0.25, 0.3) is 0 Å². The van der Waals surface area contributed by atoms with Gasteiger partial charge in [-0.05, 0) is 60.0 Å². The Bertz CT molecular complexity index is 1590. The number of carbonyl (C=O) groups is 1. The number of aryl methyl sites for hydroxylation is 1. The number of aromatic nitrogens is 1. The SMILES string of the molecule is COC(=O)c1cc(Cc2cc3cc(-c4ccc(OCc5ccccc5)cc4F)c(Cl)cc3[nH]2)ccc1C. The lowest BCUT2D eigenvalue weighted by molar-refractivity contribution is 0.0599. The van der Waals surface area contributed by atoms with Crippen LogP contribution in [0.3, 0.4) is 0 Å². The normalized spacial score (nSPS) is 11.0. The number of hydrogen-bond acceptors (Lipinski definition) is 3. The van der Waals surface area contributed by atoms with E-state index in [-0.39, 0.29) is 5.97 Å². The molecule has 6 heteroatoms. The third kappa shape index (κ3) is 5.37. The second kappa shape index (κ2) is 10.5. The first-order valence-corrected chi connectivity index (χ1v) is 12.2. The number of methoxy groups -OCH3 is 1. The van der Waals surface area contributed by atoms with Crippen molar-refractivity contribution in [2.75, 3.05) is 7.11 Å². The molecule has 0 unspecified atom stereocenters. The van der Waals surface area contributed by atoms with Crippen LogP contribution in [0.25, 0.3) is 22.0 Å². The zero-order valence-corrected chi connectivity index (χ0v) is 21.2. The summed E-state index contributed by atoms with van der Waals surface area (Å²) in [5.41, 5.74) is 6.21. The molecule has 37 heavy (non-hydrogen) atoms. The summed E-state index contributed by atoms with van der Waals surface area (Å²) in [5.74, 6) is -0.306. The van der Waals surface area contributed by atoms with E-state index in [4.69, 9.17) is 21.1 Å². The molecule has 0 atom stereocenters. The number of ether oxygens (including phenoxy) is 2. The number of fused-ring (bicyclic) bond motifs is 1. The van der Waals surface area contributed by atoms with Crippen molar-refractivity contribution in [3.63, 3.8) is 0 Å². The summed E-state index contributed by atoms with van der Waals surface area (Å²) in [5, 5.41) is 1.36. The smallest absolute Gasteiger partial charge is 0.338 e. The lowest BCUT2D eigenvalue weighted by atomic mass is 10.0. The largest absolute Gasteiger partial charge is 0.489 e. The maximum atomic E-state index is 15.1. The second-order valence-corrected chi connectivity index (χ2v) is 9.35. The molecule has 4 nitrogen and oxygen atoms in total. The van der Waals surface area contributed by atoms with E-state index in [2.05, 4.69) is 4.98 Å². The average Bonchev–Trinajstić information content (AvgIpc) is 3.29. The summed E-state index contributed by atoms with van der Waals surface area (Å²) in [6.45, 7) is 2.24. The Morgan fingerprint density at radius 3 is 2.49 bits per heavy atom. The predicted molar refractivity (Wildman–Crippen MR) is 145 cm³/mol. The number of carbonyl (C=O) groups excluding carboxylic acids is 1. The van der Waals surface area contributed by atoms with Crippen LogP contribution >= 0.6 is 11.6 Å². The Labute approximate surface area is 219 Å². The zero-order chi connectivity index (χ0) is 25.9. The molecule has 0 saturated heterocycles. The van der Waals surface area contributed by atoms with Crippen LogP contribution in [0.2, 0.25) is 5.02 Å². The van der Waals surface area contributed by atoms with Crippen LogP contribution in [0.1, 0.15) is 32.7 Å². The lowest BCUT2D eigenvalue weighted by Crippen LogP contribution is -2.04. The molecule has 0 amide bonds. The van der Waals surface area contributed by atoms with Crippen molar-refractivity contribution in [1.82, 2.24) is 4.98 Å². The van der Waals surface area contributed by atoms with Gasteiger partial charge < -0.3 is 14.5 Å². The molecule has 0 aliphatic carbocycles. The Balaban J connectivity index is 1.39. The number of benzene rings is 4. The van der Waals surface area contributed by atoms with Crippen LogP contribution in [0, 0.1) is 12.7 Å². The van der Waals surface area contributed by atoms with Gasteiger partial charge in [0, 0.05) is 40.2 Å². The van der Waals surface area contributed by atoms with Crippen molar-refractivity contribution >= 4 is 28.5 Å². The number of H-pyrrole nitrogens is 1. The molecule has 5 aromatic rings. The van der Waals surface area contributed by atoms with E-state index in [0.717, 1.165) is 33.3 Å². The molecule has 4 aromatic carbocycles. The van der Waals surface area contributed by atoms with Crippen LogP contribution in [0.15, 0.2) is 84.9 Å². The monoisotopic (exact) mass is 513 g/mol. The number of rotatable bonds is 7. The van der Waals surface area contributed by atoms with Gasteiger partial charge in [-0.2, -0.15) is 0 Å². The fourth-order valence-electron chi connectivity index (χ4n) is 4.39. The van der Waals surface area contributed by atoms with Gasteiger partial charge in [-0.3, -0.25) is 0 Å². The highest BCUT2D eigenvalue weighted by Gasteiger charge is 2.15. The van der Waals surface area contributed by atoms with Crippen LogP contribution in [0.4, 0.5) is 4.39 Å². The van der Waals surface area contributed by atoms with E-state index in [0.29, 0.717) is 40.5 Å². The van der Waals surface area contributed by atoms with Crippen molar-refractivity contribution in [2.45, 2.75) is 20.0 Å². The van der Waals surface area contributed by atoms with Gasteiger partial charge in [0.05, 0.1) is 17.7 Å². The Morgan fingerprint density at radius 2 is 1.73 bits per heavy atom. The first-order valence-electron chi connectivity index (χ1n) is 11.9. The van der Waals surface area contributed by atoms with E-state index < -0.39 is 5.82 Å². The van der Waals surface area contributed by atoms with Crippen LogP contribution < -0.4 is 4.74 Å². The third-order valence-electron chi connectivity index (χ3n) is 6.35. The summed E-state index contributed by atoms with van der Waals surface area (Å²) < 4.78 is 25.8. The van der Waals surface area contributed by atoms with Gasteiger partial charge in [-0.25, -0.2) is 9.18 Å². The molecular weight excluding hydrogens is 489 g/mol. The van der Waals surface area contributed by atoms with Crippen molar-refractivity contribution in [3.05, 3.63) is 124 Å². The van der Waals surface area contributed by atoms with Crippen molar-refractivity contribution in [1.29, 1.82) is 0 Å². The molecule has 1 N–H and O–H groups in total.